The predicted octanol–water partition coefficient (Wildman–Crippen LogP) is 5.03. The topological polar surface area (TPSA) is 38.0 Å². The summed E-state index contributed by atoms with van der Waals surface area (Å²) in [5.74, 6) is 0. The highest BCUT2D eigenvalue weighted by Crippen LogP contribution is 2.29. The second kappa shape index (κ2) is 5.46. The van der Waals surface area contributed by atoms with Crippen LogP contribution in [0.4, 0.5) is 17.1 Å². The summed E-state index contributed by atoms with van der Waals surface area (Å²) < 4.78 is 1.97. The molecule has 0 amide bonds. The van der Waals surface area contributed by atoms with E-state index in [-0.39, 0.29) is 0 Å². The molecule has 5 heteroatoms. The number of hydrogen-bond acceptors (Lipinski definition) is 2. The first-order valence-corrected chi connectivity index (χ1v) is 7.08. The number of nitrogens with two attached hydrogens (primary N) is 1. The standard InChI is InChI=1S/C12H9BrClIN2/c13-9-6-8(2-3-10(9)14)17-12-4-1-7(15)5-11(12)16/h1-6,17H,16H2. The molecule has 2 aromatic carbocycles. The van der Waals surface area contributed by atoms with Gasteiger partial charge >= 0.3 is 0 Å². The van der Waals surface area contributed by atoms with Crippen LogP contribution in [0, 0.1) is 3.57 Å². The maximum atomic E-state index is 5.94. The van der Waals surface area contributed by atoms with E-state index in [2.05, 4.69) is 43.8 Å². The van der Waals surface area contributed by atoms with Gasteiger partial charge in [0.2, 0.25) is 0 Å². The van der Waals surface area contributed by atoms with E-state index in [4.69, 9.17) is 17.3 Å². The van der Waals surface area contributed by atoms with E-state index in [1.54, 1.807) is 0 Å². The highest BCUT2D eigenvalue weighted by atomic mass is 127. The van der Waals surface area contributed by atoms with Crippen LogP contribution in [0.25, 0.3) is 0 Å². The molecule has 0 aliphatic rings. The molecule has 3 N–H and O–H groups in total. The molecule has 0 atom stereocenters. The van der Waals surface area contributed by atoms with Crippen molar-refractivity contribution in [3.05, 3.63) is 49.5 Å². The Bertz CT molecular complexity index is 560. The summed E-state index contributed by atoms with van der Waals surface area (Å²) in [6.07, 6.45) is 0. The first-order chi connectivity index (χ1) is 8.06. The van der Waals surface area contributed by atoms with Crippen LogP contribution in [-0.2, 0) is 0 Å². The van der Waals surface area contributed by atoms with Gasteiger partial charge in [-0.2, -0.15) is 0 Å². The molecule has 88 valence electrons. The highest BCUT2D eigenvalue weighted by molar-refractivity contribution is 14.1. The number of nitrogen functional groups attached to an aromatic ring is 1. The Morgan fingerprint density at radius 1 is 1.18 bits per heavy atom. The van der Waals surface area contributed by atoms with Crippen molar-refractivity contribution in [1.29, 1.82) is 0 Å². The number of hydrogen-bond donors (Lipinski definition) is 2. The lowest BCUT2D eigenvalue weighted by Gasteiger charge is -2.10. The Balaban J connectivity index is 2.28. The summed E-state index contributed by atoms with van der Waals surface area (Å²) in [6.45, 7) is 0. The van der Waals surface area contributed by atoms with Gasteiger partial charge in [0.1, 0.15) is 0 Å². The summed E-state index contributed by atoms with van der Waals surface area (Å²) >= 11 is 11.6. The van der Waals surface area contributed by atoms with Crippen LogP contribution in [0.1, 0.15) is 0 Å². The van der Waals surface area contributed by atoms with E-state index in [9.17, 15) is 0 Å². The lowest BCUT2D eigenvalue weighted by Crippen LogP contribution is -1.96. The minimum absolute atomic E-state index is 0.686. The Labute approximate surface area is 127 Å². The van der Waals surface area contributed by atoms with E-state index in [0.717, 1.165) is 25.1 Å². The summed E-state index contributed by atoms with van der Waals surface area (Å²) in [7, 11) is 0. The SMILES string of the molecule is Nc1cc(I)ccc1Nc1ccc(Cl)c(Br)c1. The van der Waals surface area contributed by atoms with E-state index in [0.29, 0.717) is 5.02 Å². The van der Waals surface area contributed by atoms with Gasteiger partial charge in [0.15, 0.2) is 0 Å². The van der Waals surface area contributed by atoms with Crippen LogP contribution in [0.15, 0.2) is 40.9 Å². The number of halogens is 3. The molecule has 0 saturated heterocycles. The van der Waals surface area contributed by atoms with Gasteiger partial charge in [-0.25, -0.2) is 0 Å². The number of nitrogens with one attached hydrogen (secondary N) is 1. The average Bonchev–Trinajstić information content (AvgIpc) is 2.27. The van der Waals surface area contributed by atoms with Gasteiger partial charge in [0.25, 0.3) is 0 Å². The number of benzene rings is 2. The van der Waals surface area contributed by atoms with E-state index < -0.39 is 0 Å². The molecule has 0 saturated carbocycles. The van der Waals surface area contributed by atoms with Crippen molar-refractivity contribution in [2.24, 2.45) is 0 Å². The van der Waals surface area contributed by atoms with Crippen molar-refractivity contribution in [2.75, 3.05) is 11.1 Å². The molecule has 0 fully saturated rings. The summed E-state index contributed by atoms with van der Waals surface area (Å²) in [5, 5.41) is 3.94. The third kappa shape index (κ3) is 3.26. The summed E-state index contributed by atoms with van der Waals surface area (Å²) in [4.78, 5) is 0. The molecular weight excluding hydrogens is 414 g/mol. The van der Waals surface area contributed by atoms with E-state index >= 15 is 0 Å². The first kappa shape index (κ1) is 13.0. The Kier molecular flexibility index (Phi) is 4.17. The van der Waals surface area contributed by atoms with Crippen molar-refractivity contribution in [3.8, 4) is 0 Å². The summed E-state index contributed by atoms with van der Waals surface area (Å²) in [6, 6.07) is 11.5. The molecule has 0 aliphatic carbocycles. The molecule has 0 aliphatic heterocycles. The Morgan fingerprint density at radius 3 is 2.59 bits per heavy atom. The van der Waals surface area contributed by atoms with Crippen molar-refractivity contribution in [3.63, 3.8) is 0 Å². The molecule has 0 unspecified atom stereocenters. The third-order valence-electron chi connectivity index (χ3n) is 2.21. The van der Waals surface area contributed by atoms with E-state index in [1.165, 1.54) is 0 Å². The van der Waals surface area contributed by atoms with Crippen molar-refractivity contribution in [1.82, 2.24) is 0 Å². The van der Waals surface area contributed by atoms with Crippen molar-refractivity contribution in [2.45, 2.75) is 0 Å². The fraction of sp³-hybridized carbons (Fsp3) is 0. The molecule has 0 aromatic heterocycles. The van der Waals surface area contributed by atoms with Gasteiger partial charge in [-0.15, -0.1) is 0 Å². The molecule has 0 heterocycles. The fourth-order valence-electron chi connectivity index (χ4n) is 1.38. The molecular formula is C12H9BrClIN2. The predicted molar refractivity (Wildman–Crippen MR) is 86.0 cm³/mol. The van der Waals surface area contributed by atoms with Crippen molar-refractivity contribution < 1.29 is 0 Å². The number of rotatable bonds is 2. The molecule has 0 spiro atoms. The van der Waals surface area contributed by atoms with Crippen LogP contribution in [0.5, 0.6) is 0 Å². The van der Waals surface area contributed by atoms with Crippen molar-refractivity contribution >= 4 is 67.2 Å². The summed E-state index contributed by atoms with van der Waals surface area (Å²) in [5.41, 5.74) is 8.48. The van der Waals surface area contributed by atoms with Crippen LogP contribution in [0.3, 0.4) is 0 Å². The minimum atomic E-state index is 0.686. The molecule has 0 bridgehead atoms. The van der Waals surface area contributed by atoms with Crippen LogP contribution in [-0.4, -0.2) is 0 Å². The van der Waals surface area contributed by atoms with Gasteiger partial charge in [-0.05, 0) is 74.9 Å². The monoisotopic (exact) mass is 422 g/mol. The average molecular weight is 423 g/mol. The molecule has 2 nitrogen and oxygen atoms in total. The maximum Gasteiger partial charge on any atom is 0.0618 e. The zero-order valence-corrected chi connectivity index (χ0v) is 13.2. The highest BCUT2D eigenvalue weighted by Gasteiger charge is 2.02. The lowest BCUT2D eigenvalue weighted by atomic mass is 10.2. The van der Waals surface area contributed by atoms with Gasteiger partial charge in [-0.3, -0.25) is 0 Å². The van der Waals surface area contributed by atoms with Gasteiger partial charge in [-0.1, -0.05) is 11.6 Å². The molecule has 2 rings (SSSR count). The van der Waals surface area contributed by atoms with Gasteiger partial charge in [0.05, 0.1) is 16.4 Å². The fourth-order valence-corrected chi connectivity index (χ4v) is 2.39. The normalized spacial score (nSPS) is 10.3. The Morgan fingerprint density at radius 2 is 1.94 bits per heavy atom. The minimum Gasteiger partial charge on any atom is -0.397 e. The smallest absolute Gasteiger partial charge is 0.0618 e. The third-order valence-corrected chi connectivity index (χ3v) is 4.10. The van der Waals surface area contributed by atoms with Gasteiger partial charge in [0, 0.05) is 13.7 Å². The molecule has 17 heavy (non-hydrogen) atoms. The van der Waals surface area contributed by atoms with Crippen LogP contribution < -0.4 is 11.1 Å². The number of anilines is 3. The molecule has 2 aromatic rings. The van der Waals surface area contributed by atoms with Crippen LogP contribution >= 0.6 is 50.1 Å². The van der Waals surface area contributed by atoms with Gasteiger partial charge < -0.3 is 11.1 Å². The maximum absolute atomic E-state index is 5.94. The lowest BCUT2D eigenvalue weighted by molar-refractivity contribution is 1.52. The molecule has 0 radical (unpaired) electrons. The first-order valence-electron chi connectivity index (χ1n) is 4.83. The zero-order valence-electron chi connectivity index (χ0n) is 8.68. The second-order valence-electron chi connectivity index (χ2n) is 3.49. The quantitative estimate of drug-likeness (QED) is 0.525. The second-order valence-corrected chi connectivity index (χ2v) is 5.99. The largest absolute Gasteiger partial charge is 0.397 e. The Hall–Kier alpha value is -0.460. The van der Waals surface area contributed by atoms with E-state index in [1.807, 2.05) is 36.4 Å². The van der Waals surface area contributed by atoms with Crippen LogP contribution in [0.2, 0.25) is 5.02 Å². The zero-order chi connectivity index (χ0) is 12.4.